The third kappa shape index (κ3) is 32.7. The van der Waals surface area contributed by atoms with E-state index in [0.29, 0.717) is 6.42 Å². The third-order valence-corrected chi connectivity index (χ3v) is 8.89. The lowest BCUT2D eigenvalue weighted by molar-refractivity contribution is -0.161. The molecule has 0 rings (SSSR count). The van der Waals surface area contributed by atoms with Crippen molar-refractivity contribution in [1.29, 1.82) is 0 Å². The third-order valence-electron chi connectivity index (χ3n) is 7.90. The molecule has 0 aliphatic carbocycles. The molecular formula is C36H70NO8P. The van der Waals surface area contributed by atoms with Gasteiger partial charge in [-0.1, -0.05) is 142 Å². The lowest BCUT2D eigenvalue weighted by atomic mass is 10.1. The van der Waals surface area contributed by atoms with Gasteiger partial charge in [0.1, 0.15) is 6.61 Å². The van der Waals surface area contributed by atoms with Crippen LogP contribution in [0.15, 0.2) is 12.2 Å². The van der Waals surface area contributed by atoms with Crippen LogP contribution in [0, 0.1) is 0 Å². The summed E-state index contributed by atoms with van der Waals surface area (Å²) in [6.07, 6.45) is 31.0. The molecule has 0 aromatic carbocycles. The van der Waals surface area contributed by atoms with Crippen LogP contribution >= 0.6 is 7.82 Å². The number of phosphoric ester groups is 1. The van der Waals surface area contributed by atoms with Crippen LogP contribution in [0.2, 0.25) is 0 Å². The monoisotopic (exact) mass is 675 g/mol. The number of rotatable bonds is 35. The number of allylic oxidation sites excluding steroid dienone is 2. The Balaban J connectivity index is 4.20. The minimum absolute atomic E-state index is 0.0555. The van der Waals surface area contributed by atoms with Gasteiger partial charge in [-0.25, -0.2) is 4.57 Å². The second-order valence-electron chi connectivity index (χ2n) is 12.4. The molecule has 0 fully saturated rings. The van der Waals surface area contributed by atoms with Crippen molar-refractivity contribution in [3.63, 3.8) is 0 Å². The Labute approximate surface area is 281 Å². The fourth-order valence-electron chi connectivity index (χ4n) is 5.09. The van der Waals surface area contributed by atoms with Gasteiger partial charge < -0.3 is 20.1 Å². The molecule has 46 heavy (non-hydrogen) atoms. The van der Waals surface area contributed by atoms with Gasteiger partial charge in [0.25, 0.3) is 0 Å². The van der Waals surface area contributed by atoms with Crippen LogP contribution in [0.1, 0.15) is 174 Å². The highest BCUT2D eigenvalue weighted by atomic mass is 31.2. The molecular weight excluding hydrogens is 605 g/mol. The highest BCUT2D eigenvalue weighted by Crippen LogP contribution is 2.43. The standard InChI is InChI=1S/C36H70NO8P/c1-3-5-7-9-11-13-15-16-17-18-19-21-23-25-27-29-36(39)45-34(33-44-46(40,41)43-31-30-37)32-42-35(38)28-26-24-22-20-14-12-10-8-6-4-2/h9,11,34H,3-8,10,12-33,37H2,1-2H3,(H,40,41)/b11-9+/t34-/m1/s1. The lowest BCUT2D eigenvalue weighted by Gasteiger charge is -2.19. The van der Waals surface area contributed by atoms with Gasteiger partial charge in [-0.05, 0) is 32.1 Å². The van der Waals surface area contributed by atoms with Crippen molar-refractivity contribution in [3.05, 3.63) is 12.2 Å². The second-order valence-corrected chi connectivity index (χ2v) is 13.9. The molecule has 0 aliphatic rings. The number of carbonyl (C=O) groups excluding carboxylic acids is 2. The topological polar surface area (TPSA) is 134 Å². The zero-order valence-corrected chi connectivity index (χ0v) is 30.5. The average molecular weight is 676 g/mol. The quantitative estimate of drug-likeness (QED) is 0.0291. The Morgan fingerprint density at radius 1 is 0.630 bits per heavy atom. The van der Waals surface area contributed by atoms with Crippen molar-refractivity contribution in [2.45, 2.75) is 180 Å². The molecule has 9 nitrogen and oxygen atoms in total. The molecule has 2 atom stereocenters. The van der Waals surface area contributed by atoms with Gasteiger partial charge in [0.2, 0.25) is 0 Å². The van der Waals surface area contributed by atoms with Gasteiger partial charge in [0.05, 0.1) is 13.2 Å². The van der Waals surface area contributed by atoms with Crippen molar-refractivity contribution >= 4 is 19.8 Å². The lowest BCUT2D eigenvalue weighted by Crippen LogP contribution is -2.29. The van der Waals surface area contributed by atoms with Gasteiger partial charge >= 0.3 is 19.8 Å². The minimum Gasteiger partial charge on any atom is -0.462 e. The number of ether oxygens (including phenoxy) is 2. The predicted molar refractivity (Wildman–Crippen MR) is 188 cm³/mol. The zero-order chi connectivity index (χ0) is 34.0. The molecule has 10 heteroatoms. The maximum absolute atomic E-state index is 12.5. The molecule has 0 aliphatic heterocycles. The first-order chi connectivity index (χ1) is 22.3. The van der Waals surface area contributed by atoms with Crippen molar-refractivity contribution in [2.24, 2.45) is 5.73 Å². The van der Waals surface area contributed by atoms with Crippen molar-refractivity contribution < 1.29 is 37.6 Å². The molecule has 1 unspecified atom stereocenters. The number of nitrogens with two attached hydrogens (primary N) is 1. The first kappa shape index (κ1) is 44.8. The van der Waals surface area contributed by atoms with Crippen molar-refractivity contribution in [2.75, 3.05) is 26.4 Å². The van der Waals surface area contributed by atoms with Gasteiger partial charge in [0, 0.05) is 19.4 Å². The van der Waals surface area contributed by atoms with Crippen LogP contribution in [0.5, 0.6) is 0 Å². The molecule has 0 aromatic rings. The summed E-state index contributed by atoms with van der Waals surface area (Å²) in [5.41, 5.74) is 5.32. The summed E-state index contributed by atoms with van der Waals surface area (Å²) < 4.78 is 32.6. The summed E-state index contributed by atoms with van der Waals surface area (Å²) in [5.74, 6) is -0.829. The minimum atomic E-state index is -4.36. The smallest absolute Gasteiger partial charge is 0.462 e. The van der Waals surface area contributed by atoms with E-state index in [2.05, 4.69) is 26.0 Å². The summed E-state index contributed by atoms with van der Waals surface area (Å²) in [5, 5.41) is 0. The summed E-state index contributed by atoms with van der Waals surface area (Å²) in [6, 6.07) is 0. The number of phosphoric acid groups is 1. The molecule has 0 amide bonds. The van der Waals surface area contributed by atoms with Crippen LogP contribution in [0.4, 0.5) is 0 Å². The van der Waals surface area contributed by atoms with E-state index in [-0.39, 0.29) is 38.6 Å². The highest BCUT2D eigenvalue weighted by molar-refractivity contribution is 7.47. The first-order valence-corrected chi connectivity index (χ1v) is 20.2. The number of hydrogen-bond acceptors (Lipinski definition) is 8. The highest BCUT2D eigenvalue weighted by Gasteiger charge is 2.25. The molecule has 0 spiro atoms. The first-order valence-electron chi connectivity index (χ1n) is 18.7. The summed E-state index contributed by atoms with van der Waals surface area (Å²) in [4.78, 5) is 34.6. The fraction of sp³-hybridized carbons (Fsp3) is 0.889. The Morgan fingerprint density at radius 2 is 1.09 bits per heavy atom. The Bertz CT molecular complexity index is 779. The van der Waals surface area contributed by atoms with Gasteiger partial charge in [0.15, 0.2) is 6.10 Å². The van der Waals surface area contributed by atoms with Gasteiger partial charge in [-0.3, -0.25) is 18.6 Å². The predicted octanol–water partition coefficient (Wildman–Crippen LogP) is 9.88. The van der Waals surface area contributed by atoms with Crippen LogP contribution in [0.3, 0.4) is 0 Å². The van der Waals surface area contributed by atoms with E-state index in [1.807, 2.05) is 0 Å². The largest absolute Gasteiger partial charge is 0.472 e. The van der Waals surface area contributed by atoms with Crippen LogP contribution in [-0.2, 0) is 32.7 Å². The Hall–Kier alpha value is -1.25. The van der Waals surface area contributed by atoms with Crippen molar-refractivity contribution in [3.8, 4) is 0 Å². The van der Waals surface area contributed by atoms with E-state index in [1.165, 1.54) is 103 Å². The molecule has 0 bridgehead atoms. The molecule has 0 aromatic heterocycles. The fourth-order valence-corrected chi connectivity index (χ4v) is 5.85. The number of carbonyl (C=O) groups is 2. The van der Waals surface area contributed by atoms with E-state index in [9.17, 15) is 19.0 Å². The van der Waals surface area contributed by atoms with E-state index in [0.717, 1.165) is 38.5 Å². The number of esters is 2. The molecule has 272 valence electrons. The molecule has 0 heterocycles. The molecule has 3 N–H and O–H groups in total. The molecule has 0 saturated heterocycles. The van der Waals surface area contributed by atoms with Gasteiger partial charge in [-0.2, -0.15) is 0 Å². The molecule has 0 saturated carbocycles. The van der Waals surface area contributed by atoms with E-state index < -0.39 is 26.5 Å². The number of hydrogen-bond donors (Lipinski definition) is 2. The normalized spacial score (nSPS) is 13.6. The Morgan fingerprint density at radius 3 is 1.61 bits per heavy atom. The maximum Gasteiger partial charge on any atom is 0.472 e. The Kier molecular flexibility index (Phi) is 32.7. The number of unbranched alkanes of at least 4 members (excludes halogenated alkanes) is 20. The molecule has 0 radical (unpaired) electrons. The van der Waals surface area contributed by atoms with Gasteiger partial charge in [-0.15, -0.1) is 0 Å². The SMILES string of the molecule is CCCC/C=C/CCCCCCCCCCCC(=O)O[C@H](COC(=O)CCCCCCCCCCCC)COP(=O)(O)OCCN. The maximum atomic E-state index is 12.5. The van der Waals surface area contributed by atoms with Crippen LogP contribution < -0.4 is 5.73 Å². The average Bonchev–Trinajstić information content (AvgIpc) is 3.04. The summed E-state index contributed by atoms with van der Waals surface area (Å²) in [6.45, 7) is 3.68. The summed E-state index contributed by atoms with van der Waals surface area (Å²) in [7, 11) is -4.36. The van der Waals surface area contributed by atoms with E-state index in [1.54, 1.807) is 0 Å². The second kappa shape index (κ2) is 33.6. The van der Waals surface area contributed by atoms with Crippen LogP contribution in [0.25, 0.3) is 0 Å². The van der Waals surface area contributed by atoms with Crippen LogP contribution in [-0.4, -0.2) is 49.3 Å². The summed E-state index contributed by atoms with van der Waals surface area (Å²) >= 11 is 0. The zero-order valence-electron chi connectivity index (χ0n) is 29.6. The van der Waals surface area contributed by atoms with Crippen molar-refractivity contribution in [1.82, 2.24) is 0 Å². The van der Waals surface area contributed by atoms with E-state index in [4.69, 9.17) is 24.3 Å². The van der Waals surface area contributed by atoms with E-state index >= 15 is 0 Å².